The van der Waals surface area contributed by atoms with Crippen molar-refractivity contribution in [1.82, 2.24) is 4.98 Å². The first-order chi connectivity index (χ1) is 17.0. The van der Waals surface area contributed by atoms with Gasteiger partial charge in [-0.25, -0.2) is 0 Å². The summed E-state index contributed by atoms with van der Waals surface area (Å²) in [6, 6.07) is 15.6. The van der Waals surface area contributed by atoms with Crippen LogP contribution in [0.4, 0.5) is 5.69 Å². The summed E-state index contributed by atoms with van der Waals surface area (Å²) in [5, 5.41) is 1.08. The molecule has 0 unspecified atom stereocenters. The van der Waals surface area contributed by atoms with Crippen molar-refractivity contribution < 1.29 is 14.3 Å². The number of thiazole rings is 1. The second-order valence-electron chi connectivity index (χ2n) is 10.0. The fourth-order valence-corrected chi connectivity index (χ4v) is 10.1. The molecule has 2 saturated carbocycles. The smallest absolute Gasteiger partial charge is 0.305 e. The summed E-state index contributed by atoms with van der Waals surface area (Å²) in [7, 11) is 1.67. The minimum absolute atomic E-state index is 0.0383. The predicted octanol–water partition coefficient (Wildman–Crippen LogP) is 4.43. The average molecular weight is 505 g/mol. The molecule has 2 amide bonds. The molecule has 35 heavy (non-hydrogen) atoms. The fraction of sp³-hybridized carbons (Fsp3) is 0.370. The lowest BCUT2D eigenvalue weighted by molar-refractivity contribution is -0.123. The van der Waals surface area contributed by atoms with Crippen molar-refractivity contribution in [2.24, 2.45) is 29.6 Å². The number of ether oxygens (including phenoxy) is 1. The molecule has 3 heterocycles. The third-order valence-corrected chi connectivity index (χ3v) is 11.1. The van der Waals surface area contributed by atoms with Crippen molar-refractivity contribution in [2.45, 2.75) is 29.5 Å². The molecule has 1 N–H and O–H groups in total. The standard InChI is InChI=1S/C27H24N2O4S2/c1-12-7-9-13(10-8-12)29-25(30)20-15-11-16(21(20)26(29)31)22-19(15)18(14-5-3-4-6-17(14)33-2)23-24(34-22)28-27(32)35-23/h3-10,15-16,18-22H,11H2,1-2H3,(H,28,32)/t15-,16+,18-,19+,20-,21-,22-/m1/s1. The molecule has 7 atom stereocenters. The van der Waals surface area contributed by atoms with Crippen LogP contribution >= 0.6 is 23.1 Å². The Morgan fingerprint density at radius 3 is 2.43 bits per heavy atom. The largest absolute Gasteiger partial charge is 0.496 e. The van der Waals surface area contributed by atoms with Crippen LogP contribution in [-0.2, 0) is 9.59 Å². The van der Waals surface area contributed by atoms with Crippen LogP contribution in [-0.4, -0.2) is 29.2 Å². The zero-order valence-electron chi connectivity index (χ0n) is 19.3. The van der Waals surface area contributed by atoms with Gasteiger partial charge < -0.3 is 9.72 Å². The number of anilines is 1. The Hall–Kier alpha value is -2.84. The SMILES string of the molecule is COc1ccccc1[C@H]1c2sc(=O)[nH]c2S[C@@H]2[C@H]3C[C@@H]([C@H]4C(=O)N(c5ccc(C)cc5)C(=O)[C@H]34)[C@@H]12. The number of imide groups is 1. The molecule has 3 fully saturated rings. The summed E-state index contributed by atoms with van der Waals surface area (Å²) < 4.78 is 5.74. The van der Waals surface area contributed by atoms with Gasteiger partial charge in [0, 0.05) is 21.6 Å². The Kier molecular flexibility index (Phi) is 4.64. The van der Waals surface area contributed by atoms with E-state index in [0.29, 0.717) is 5.69 Å². The van der Waals surface area contributed by atoms with E-state index in [1.54, 1.807) is 18.9 Å². The number of carbonyl (C=O) groups is 2. The number of carbonyl (C=O) groups excluding carboxylic acids is 2. The highest BCUT2D eigenvalue weighted by Crippen LogP contribution is 2.69. The number of hydrogen-bond acceptors (Lipinski definition) is 6. The number of amides is 2. The molecule has 2 aliphatic heterocycles. The minimum Gasteiger partial charge on any atom is -0.496 e. The number of aromatic amines is 1. The number of rotatable bonds is 3. The minimum atomic E-state index is -0.301. The third kappa shape index (κ3) is 2.87. The highest BCUT2D eigenvalue weighted by Gasteiger charge is 2.69. The van der Waals surface area contributed by atoms with Gasteiger partial charge in [0.05, 0.1) is 29.7 Å². The third-order valence-electron chi connectivity index (χ3n) is 8.49. The van der Waals surface area contributed by atoms with Gasteiger partial charge in [-0.2, -0.15) is 0 Å². The summed E-state index contributed by atoms with van der Waals surface area (Å²) in [5.74, 6) is 0.415. The van der Waals surface area contributed by atoms with E-state index in [1.807, 2.05) is 49.4 Å². The van der Waals surface area contributed by atoms with E-state index >= 15 is 0 Å². The number of fused-ring (bicyclic) bond motifs is 9. The maximum Gasteiger partial charge on any atom is 0.305 e. The molecule has 1 saturated heterocycles. The number of methoxy groups -OCH3 is 1. The van der Waals surface area contributed by atoms with Crippen LogP contribution in [0.2, 0.25) is 0 Å². The van der Waals surface area contributed by atoms with Crippen LogP contribution in [0, 0.1) is 36.5 Å². The van der Waals surface area contributed by atoms with Crippen LogP contribution in [0.15, 0.2) is 58.4 Å². The Morgan fingerprint density at radius 1 is 0.971 bits per heavy atom. The van der Waals surface area contributed by atoms with Gasteiger partial charge in [0.1, 0.15) is 5.75 Å². The first kappa shape index (κ1) is 21.4. The lowest BCUT2D eigenvalue weighted by atomic mass is 9.68. The van der Waals surface area contributed by atoms with E-state index < -0.39 is 0 Å². The molecule has 178 valence electrons. The predicted molar refractivity (Wildman–Crippen MR) is 135 cm³/mol. The van der Waals surface area contributed by atoms with Crippen molar-refractivity contribution in [3.8, 4) is 5.75 Å². The molecular formula is C27H24N2O4S2. The molecule has 2 bridgehead atoms. The topological polar surface area (TPSA) is 79.5 Å². The van der Waals surface area contributed by atoms with Crippen molar-refractivity contribution in [1.29, 1.82) is 0 Å². The van der Waals surface area contributed by atoms with Crippen LogP contribution in [0.25, 0.3) is 0 Å². The lowest BCUT2D eigenvalue weighted by Gasteiger charge is -2.43. The quantitative estimate of drug-likeness (QED) is 0.534. The maximum atomic E-state index is 13.8. The second kappa shape index (κ2) is 7.58. The van der Waals surface area contributed by atoms with Crippen LogP contribution in [0.3, 0.4) is 0 Å². The van der Waals surface area contributed by atoms with E-state index in [1.165, 1.54) is 16.2 Å². The van der Waals surface area contributed by atoms with E-state index in [-0.39, 0.29) is 57.4 Å². The first-order valence-electron chi connectivity index (χ1n) is 11.9. The normalized spacial score (nSPS) is 32.5. The van der Waals surface area contributed by atoms with Gasteiger partial charge in [-0.15, -0.1) is 11.8 Å². The molecular weight excluding hydrogens is 480 g/mol. The second-order valence-corrected chi connectivity index (χ2v) is 12.3. The lowest BCUT2D eigenvalue weighted by Crippen LogP contribution is -2.42. The summed E-state index contributed by atoms with van der Waals surface area (Å²) in [6.45, 7) is 2.00. The number of aryl methyl sites for hydroxylation is 1. The summed E-state index contributed by atoms with van der Waals surface area (Å²) in [6.07, 6.45) is 0.877. The summed E-state index contributed by atoms with van der Waals surface area (Å²) >= 11 is 2.97. The fourth-order valence-electron chi connectivity index (χ4n) is 7.24. The van der Waals surface area contributed by atoms with Gasteiger partial charge in [-0.05, 0) is 49.3 Å². The molecule has 2 aliphatic carbocycles. The van der Waals surface area contributed by atoms with E-state index in [0.717, 1.165) is 33.2 Å². The number of hydrogen-bond donors (Lipinski definition) is 1. The first-order valence-corrected chi connectivity index (χ1v) is 13.6. The van der Waals surface area contributed by atoms with E-state index in [4.69, 9.17) is 4.74 Å². The molecule has 0 spiro atoms. The molecule has 7 rings (SSSR count). The number of benzene rings is 2. The Balaban J connectivity index is 1.34. The molecule has 2 aromatic carbocycles. The van der Waals surface area contributed by atoms with Gasteiger partial charge in [0.25, 0.3) is 0 Å². The Bertz CT molecular complexity index is 1430. The van der Waals surface area contributed by atoms with Gasteiger partial charge in [0.15, 0.2) is 0 Å². The summed E-state index contributed by atoms with van der Waals surface area (Å²) in [5.41, 5.74) is 2.81. The van der Waals surface area contributed by atoms with Crippen molar-refractivity contribution in [2.75, 3.05) is 12.0 Å². The van der Waals surface area contributed by atoms with Crippen molar-refractivity contribution in [3.05, 3.63) is 74.2 Å². The monoisotopic (exact) mass is 504 g/mol. The van der Waals surface area contributed by atoms with Gasteiger partial charge in [0.2, 0.25) is 11.8 Å². The number of nitrogens with one attached hydrogen (secondary N) is 1. The number of thioether (sulfide) groups is 1. The number of aromatic nitrogens is 1. The highest BCUT2D eigenvalue weighted by molar-refractivity contribution is 8.00. The Morgan fingerprint density at radius 2 is 1.69 bits per heavy atom. The number of H-pyrrole nitrogens is 1. The average Bonchev–Trinajstić information content (AvgIpc) is 3.59. The van der Waals surface area contributed by atoms with Crippen LogP contribution < -0.4 is 14.5 Å². The maximum absolute atomic E-state index is 13.8. The molecule has 4 aliphatic rings. The highest BCUT2D eigenvalue weighted by atomic mass is 32.2. The van der Waals surface area contributed by atoms with Crippen molar-refractivity contribution in [3.63, 3.8) is 0 Å². The number of nitrogens with zero attached hydrogens (tertiary/aromatic N) is 1. The van der Waals surface area contributed by atoms with Crippen LogP contribution in [0.1, 0.15) is 28.3 Å². The molecule has 1 aromatic heterocycles. The van der Waals surface area contributed by atoms with Gasteiger partial charge in [-0.1, -0.05) is 47.2 Å². The molecule has 3 aromatic rings. The van der Waals surface area contributed by atoms with Gasteiger partial charge in [-0.3, -0.25) is 19.3 Å². The summed E-state index contributed by atoms with van der Waals surface area (Å²) in [4.78, 5) is 45.3. The zero-order chi connectivity index (χ0) is 24.0. The molecule has 0 radical (unpaired) electrons. The molecule has 8 heteroatoms. The zero-order valence-corrected chi connectivity index (χ0v) is 20.9. The van der Waals surface area contributed by atoms with E-state index in [9.17, 15) is 14.4 Å². The number of para-hydroxylation sites is 1. The Labute approximate surface area is 210 Å². The van der Waals surface area contributed by atoms with Crippen LogP contribution in [0.5, 0.6) is 5.75 Å². The van der Waals surface area contributed by atoms with Crippen molar-refractivity contribution >= 4 is 40.6 Å². The van der Waals surface area contributed by atoms with E-state index in [2.05, 4.69) is 11.1 Å². The van der Waals surface area contributed by atoms with Gasteiger partial charge >= 0.3 is 4.87 Å². The molecule has 6 nitrogen and oxygen atoms in total.